The van der Waals surface area contributed by atoms with Crippen molar-refractivity contribution in [2.45, 2.75) is 44.6 Å². The van der Waals surface area contributed by atoms with Crippen molar-refractivity contribution >= 4 is 39.2 Å². The number of nitrogens with zero attached hydrogens (tertiary/aromatic N) is 2. The molecule has 0 saturated carbocycles. The number of aromatic nitrogens is 2. The number of carbonyl (C=O) groups is 1. The molecule has 4 rings (SSSR count). The summed E-state index contributed by atoms with van der Waals surface area (Å²) in [5.41, 5.74) is 7.65. The van der Waals surface area contributed by atoms with E-state index in [1.165, 1.54) is 23.1 Å². The van der Waals surface area contributed by atoms with Gasteiger partial charge in [0, 0.05) is 11.3 Å². The molecule has 3 aromatic rings. The highest BCUT2D eigenvalue weighted by atomic mass is 32.2. The van der Waals surface area contributed by atoms with E-state index in [9.17, 15) is 9.59 Å². The Kier molecular flexibility index (Phi) is 4.81. The van der Waals surface area contributed by atoms with Crippen molar-refractivity contribution in [1.82, 2.24) is 9.55 Å². The molecular formula is C20H21N3O3S2. The van der Waals surface area contributed by atoms with E-state index < -0.39 is 5.91 Å². The lowest BCUT2D eigenvalue weighted by Gasteiger charge is -2.30. The molecule has 28 heavy (non-hydrogen) atoms. The van der Waals surface area contributed by atoms with Gasteiger partial charge < -0.3 is 10.5 Å². The topological polar surface area (TPSA) is 87.2 Å². The van der Waals surface area contributed by atoms with Crippen molar-refractivity contribution in [1.29, 1.82) is 0 Å². The zero-order valence-corrected chi connectivity index (χ0v) is 17.6. The van der Waals surface area contributed by atoms with Gasteiger partial charge in [-0.15, -0.1) is 11.3 Å². The van der Waals surface area contributed by atoms with Crippen LogP contribution in [0.1, 0.15) is 29.9 Å². The number of ether oxygens (including phenoxy) is 1. The Morgan fingerprint density at radius 2 is 2.14 bits per heavy atom. The summed E-state index contributed by atoms with van der Waals surface area (Å²) in [7, 11) is 0. The molecule has 0 fully saturated rings. The van der Waals surface area contributed by atoms with Crippen molar-refractivity contribution in [3.05, 3.63) is 50.6 Å². The fourth-order valence-electron chi connectivity index (χ4n) is 3.43. The minimum Gasteiger partial charge on any atom is -0.370 e. The molecule has 0 unspecified atom stereocenters. The number of hydrogen-bond donors (Lipinski definition) is 1. The average Bonchev–Trinajstić information content (AvgIpc) is 2.97. The van der Waals surface area contributed by atoms with E-state index in [1.807, 2.05) is 45.0 Å². The Morgan fingerprint density at radius 1 is 1.39 bits per heavy atom. The molecule has 8 heteroatoms. The van der Waals surface area contributed by atoms with Crippen LogP contribution in [-0.2, 0) is 22.6 Å². The van der Waals surface area contributed by atoms with Gasteiger partial charge in [-0.25, -0.2) is 4.98 Å². The summed E-state index contributed by atoms with van der Waals surface area (Å²) in [5.74, 6) is -0.387. The van der Waals surface area contributed by atoms with E-state index >= 15 is 0 Å². The lowest BCUT2D eigenvalue weighted by Crippen LogP contribution is -2.32. The SMILES string of the molecule is Cc1ccccc1-n1c(SCC(N)=O)nc2sc3c(c2c1=O)CC(C)(C)OC3. The summed E-state index contributed by atoms with van der Waals surface area (Å²) < 4.78 is 7.52. The molecule has 3 heterocycles. The molecule has 0 saturated heterocycles. The second-order valence-corrected chi connectivity index (χ2v) is 9.51. The van der Waals surface area contributed by atoms with E-state index in [0.717, 1.165) is 21.7 Å². The monoisotopic (exact) mass is 415 g/mol. The number of fused-ring (bicyclic) bond motifs is 3. The Balaban J connectivity index is 2.00. The molecule has 6 nitrogen and oxygen atoms in total. The van der Waals surface area contributed by atoms with Gasteiger partial charge in [-0.05, 0) is 38.0 Å². The lowest BCUT2D eigenvalue weighted by molar-refractivity contribution is -0.115. The third kappa shape index (κ3) is 3.36. The summed E-state index contributed by atoms with van der Waals surface area (Å²) in [6.07, 6.45) is 0.667. The average molecular weight is 416 g/mol. The van der Waals surface area contributed by atoms with Gasteiger partial charge in [0.25, 0.3) is 5.56 Å². The highest BCUT2D eigenvalue weighted by molar-refractivity contribution is 7.99. The fraction of sp³-hybridized carbons (Fsp3) is 0.350. The number of hydrogen-bond acceptors (Lipinski definition) is 6. The van der Waals surface area contributed by atoms with Gasteiger partial charge >= 0.3 is 0 Å². The number of aryl methyl sites for hydroxylation is 1. The van der Waals surface area contributed by atoms with Crippen LogP contribution >= 0.6 is 23.1 Å². The van der Waals surface area contributed by atoms with Crippen LogP contribution in [0.15, 0.2) is 34.2 Å². The minimum atomic E-state index is -0.448. The van der Waals surface area contributed by atoms with E-state index in [4.69, 9.17) is 15.5 Å². The molecule has 146 valence electrons. The molecular weight excluding hydrogens is 394 g/mol. The van der Waals surface area contributed by atoms with Gasteiger partial charge in [0.15, 0.2) is 5.16 Å². The summed E-state index contributed by atoms with van der Waals surface area (Å²) in [6, 6.07) is 7.67. The number of amides is 1. The fourth-order valence-corrected chi connectivity index (χ4v) is 5.32. The zero-order chi connectivity index (χ0) is 20.1. The maximum atomic E-state index is 13.7. The van der Waals surface area contributed by atoms with Crippen molar-refractivity contribution in [3.63, 3.8) is 0 Å². The Hall–Kier alpha value is -2.16. The van der Waals surface area contributed by atoms with Gasteiger partial charge in [-0.3, -0.25) is 14.2 Å². The van der Waals surface area contributed by atoms with Crippen LogP contribution in [0.4, 0.5) is 0 Å². The molecule has 0 atom stereocenters. The third-order valence-electron chi connectivity index (χ3n) is 4.77. The molecule has 1 aromatic carbocycles. The van der Waals surface area contributed by atoms with E-state index in [0.29, 0.717) is 28.4 Å². The van der Waals surface area contributed by atoms with E-state index in [1.54, 1.807) is 4.57 Å². The molecule has 0 bridgehead atoms. The van der Waals surface area contributed by atoms with Crippen LogP contribution in [0.3, 0.4) is 0 Å². The summed E-state index contributed by atoms with van der Waals surface area (Å²) in [4.78, 5) is 31.5. The first-order valence-corrected chi connectivity index (χ1v) is 10.8. The maximum absolute atomic E-state index is 13.7. The minimum absolute atomic E-state index is 0.0606. The van der Waals surface area contributed by atoms with Crippen LogP contribution in [-0.4, -0.2) is 26.8 Å². The molecule has 0 radical (unpaired) electrons. The van der Waals surface area contributed by atoms with Crippen LogP contribution in [0.25, 0.3) is 15.9 Å². The van der Waals surface area contributed by atoms with Crippen molar-refractivity contribution in [3.8, 4) is 5.69 Å². The Morgan fingerprint density at radius 3 is 2.86 bits per heavy atom. The quantitative estimate of drug-likeness (QED) is 0.522. The van der Waals surface area contributed by atoms with Crippen LogP contribution in [0, 0.1) is 6.92 Å². The highest BCUT2D eigenvalue weighted by Crippen LogP contribution is 2.38. The molecule has 1 aliphatic rings. The third-order valence-corrected chi connectivity index (χ3v) is 6.83. The first-order valence-electron chi connectivity index (χ1n) is 8.95. The van der Waals surface area contributed by atoms with Crippen molar-refractivity contribution < 1.29 is 9.53 Å². The number of para-hydroxylation sites is 1. The number of benzene rings is 1. The highest BCUT2D eigenvalue weighted by Gasteiger charge is 2.31. The molecule has 0 spiro atoms. The number of thioether (sulfide) groups is 1. The smallest absolute Gasteiger partial charge is 0.267 e. The number of thiophene rings is 1. The lowest BCUT2D eigenvalue weighted by atomic mass is 9.94. The van der Waals surface area contributed by atoms with E-state index in [2.05, 4.69) is 0 Å². The van der Waals surface area contributed by atoms with Gasteiger partial charge in [-0.2, -0.15) is 0 Å². The maximum Gasteiger partial charge on any atom is 0.267 e. The molecule has 2 N–H and O–H groups in total. The van der Waals surface area contributed by atoms with E-state index in [-0.39, 0.29) is 16.9 Å². The van der Waals surface area contributed by atoms with Gasteiger partial charge in [0.1, 0.15) is 4.83 Å². The van der Waals surface area contributed by atoms with Gasteiger partial charge in [-0.1, -0.05) is 30.0 Å². The van der Waals surface area contributed by atoms with Crippen LogP contribution in [0.5, 0.6) is 0 Å². The number of primary amides is 1. The normalized spacial score (nSPS) is 15.5. The molecule has 2 aromatic heterocycles. The number of nitrogens with two attached hydrogens (primary N) is 1. The second-order valence-electron chi connectivity index (χ2n) is 7.49. The van der Waals surface area contributed by atoms with Crippen molar-refractivity contribution in [2.24, 2.45) is 5.73 Å². The summed E-state index contributed by atoms with van der Waals surface area (Å²) in [6.45, 7) is 6.50. The van der Waals surface area contributed by atoms with Crippen LogP contribution < -0.4 is 11.3 Å². The Labute approximate surface area is 170 Å². The van der Waals surface area contributed by atoms with Crippen LogP contribution in [0.2, 0.25) is 0 Å². The largest absolute Gasteiger partial charge is 0.370 e. The predicted octanol–water partition coefficient (Wildman–Crippen LogP) is 3.18. The first kappa shape index (κ1) is 19.2. The predicted molar refractivity (Wildman–Crippen MR) is 112 cm³/mol. The standard InChI is InChI=1S/C20H21N3O3S2/c1-11-6-4-5-7-13(11)23-18(25)16-12-8-20(2,3)26-9-14(12)28-17(16)22-19(23)27-10-15(21)24/h4-7H,8-10H2,1-3H3,(H2,21,24). The molecule has 1 amide bonds. The van der Waals surface area contributed by atoms with Gasteiger partial charge in [0.05, 0.1) is 29.0 Å². The van der Waals surface area contributed by atoms with Crippen molar-refractivity contribution in [2.75, 3.05) is 5.75 Å². The second kappa shape index (κ2) is 7.02. The summed E-state index contributed by atoms with van der Waals surface area (Å²) in [5, 5.41) is 1.13. The summed E-state index contributed by atoms with van der Waals surface area (Å²) >= 11 is 2.68. The van der Waals surface area contributed by atoms with Gasteiger partial charge in [0.2, 0.25) is 5.91 Å². The Bertz CT molecular complexity index is 1150. The first-order chi connectivity index (χ1) is 13.3. The molecule has 1 aliphatic heterocycles. The zero-order valence-electron chi connectivity index (χ0n) is 15.9. The number of rotatable bonds is 4. The molecule has 0 aliphatic carbocycles. The number of carbonyl (C=O) groups excluding carboxylic acids is 1.